The minimum absolute atomic E-state index is 0.250. The number of carboxylic acid groups (broad SMARTS) is 1. The minimum Gasteiger partial charge on any atom is -0.481 e. The second-order valence-electron chi connectivity index (χ2n) is 5.66. The van der Waals surface area contributed by atoms with Gasteiger partial charge in [-0.15, -0.1) is 6.58 Å². The van der Waals surface area contributed by atoms with Crippen LogP contribution in [-0.4, -0.2) is 43.8 Å². The second-order valence-corrected chi connectivity index (χ2v) is 5.66. The highest BCUT2D eigenvalue weighted by atomic mass is 16.7. The SMILES string of the molecule is [CH2]C(OCC=C)OCCCCCCCCCCCC(=O)O.[CH2]C[O].[CH2]C[O]. The van der Waals surface area contributed by atoms with Gasteiger partial charge < -0.3 is 14.6 Å². The topological polar surface area (TPSA) is 95.6 Å². The van der Waals surface area contributed by atoms with Gasteiger partial charge in [0.05, 0.1) is 19.8 Å². The molecular weight excluding hydrogens is 348 g/mol. The fourth-order valence-electron chi connectivity index (χ4n) is 2.05. The first-order chi connectivity index (χ1) is 13.0. The van der Waals surface area contributed by atoms with Gasteiger partial charge >= 0.3 is 5.97 Å². The van der Waals surface area contributed by atoms with Crippen molar-refractivity contribution in [2.24, 2.45) is 0 Å². The zero-order valence-corrected chi connectivity index (χ0v) is 16.9. The van der Waals surface area contributed by atoms with Crippen LogP contribution >= 0.6 is 0 Å². The maximum atomic E-state index is 10.3. The Kier molecular flexibility index (Phi) is 34.0. The molecule has 1 unspecified atom stereocenters. The number of hydrogen-bond donors (Lipinski definition) is 1. The Balaban J connectivity index is -0.000000840. The van der Waals surface area contributed by atoms with E-state index in [9.17, 15) is 4.79 Å². The number of hydrogen-bond acceptors (Lipinski definition) is 3. The van der Waals surface area contributed by atoms with Crippen molar-refractivity contribution in [1.29, 1.82) is 0 Å². The van der Waals surface area contributed by atoms with Crippen LogP contribution in [0.5, 0.6) is 0 Å². The maximum Gasteiger partial charge on any atom is 0.303 e. The molecule has 6 nitrogen and oxygen atoms in total. The first-order valence-corrected chi connectivity index (χ1v) is 9.63. The van der Waals surface area contributed by atoms with E-state index in [0.29, 0.717) is 19.6 Å². The van der Waals surface area contributed by atoms with Crippen LogP contribution < -0.4 is 0 Å². The van der Waals surface area contributed by atoms with Crippen LogP contribution in [0.4, 0.5) is 0 Å². The summed E-state index contributed by atoms with van der Waals surface area (Å²) in [7, 11) is 0. The molecule has 0 aliphatic carbocycles. The van der Waals surface area contributed by atoms with Crippen molar-refractivity contribution in [2.75, 3.05) is 26.4 Å². The molecule has 0 aliphatic rings. The van der Waals surface area contributed by atoms with Crippen LogP contribution in [0.25, 0.3) is 0 Å². The van der Waals surface area contributed by atoms with Crippen molar-refractivity contribution in [1.82, 2.24) is 0 Å². The van der Waals surface area contributed by atoms with E-state index in [2.05, 4.69) is 27.4 Å². The van der Waals surface area contributed by atoms with E-state index in [0.717, 1.165) is 25.7 Å². The van der Waals surface area contributed by atoms with E-state index >= 15 is 0 Å². The fraction of sp³-hybridized carbons (Fsp3) is 0.714. The van der Waals surface area contributed by atoms with Gasteiger partial charge in [-0.1, -0.05) is 51.0 Å². The highest BCUT2D eigenvalue weighted by molar-refractivity contribution is 5.66. The first kappa shape index (κ1) is 30.8. The molecule has 27 heavy (non-hydrogen) atoms. The van der Waals surface area contributed by atoms with E-state index in [1.165, 1.54) is 32.1 Å². The monoisotopic (exact) mass is 387 g/mol. The van der Waals surface area contributed by atoms with E-state index < -0.39 is 12.3 Å². The molecule has 5 radical (unpaired) electrons. The molecule has 0 aromatic rings. The third kappa shape index (κ3) is 40.9. The highest BCUT2D eigenvalue weighted by Gasteiger charge is 2.00. The van der Waals surface area contributed by atoms with Crippen molar-refractivity contribution in [3.05, 3.63) is 33.4 Å². The van der Waals surface area contributed by atoms with E-state index in [-0.39, 0.29) is 13.2 Å². The Hall–Kier alpha value is -0.950. The molecule has 0 heterocycles. The molecular formula is C21H39O6. The number of aliphatic carboxylic acids is 1. The Morgan fingerprint density at radius 3 is 1.67 bits per heavy atom. The lowest BCUT2D eigenvalue weighted by Crippen LogP contribution is -2.14. The van der Waals surface area contributed by atoms with Gasteiger partial charge in [0, 0.05) is 20.0 Å². The molecule has 159 valence electrons. The Morgan fingerprint density at radius 1 is 0.852 bits per heavy atom. The lowest BCUT2D eigenvalue weighted by atomic mass is 10.1. The molecule has 0 aliphatic heterocycles. The van der Waals surface area contributed by atoms with Crippen LogP contribution in [0.2, 0.25) is 0 Å². The van der Waals surface area contributed by atoms with Crippen LogP contribution in [0.1, 0.15) is 64.2 Å². The van der Waals surface area contributed by atoms with Gasteiger partial charge in [0.25, 0.3) is 0 Å². The van der Waals surface area contributed by atoms with Gasteiger partial charge in [-0.05, 0) is 26.7 Å². The number of carboxylic acids is 1. The van der Waals surface area contributed by atoms with Crippen LogP contribution in [0.3, 0.4) is 0 Å². The lowest BCUT2D eigenvalue weighted by Gasteiger charge is -2.12. The summed E-state index contributed by atoms with van der Waals surface area (Å²) in [5.41, 5.74) is 0. The first-order valence-electron chi connectivity index (χ1n) is 9.63. The summed E-state index contributed by atoms with van der Waals surface area (Å²) in [6.45, 7) is 13.8. The zero-order valence-electron chi connectivity index (χ0n) is 16.9. The molecule has 6 heteroatoms. The largest absolute Gasteiger partial charge is 0.481 e. The van der Waals surface area contributed by atoms with Crippen molar-refractivity contribution >= 4 is 5.97 Å². The number of unbranched alkanes of at least 4 members (excludes halogenated alkanes) is 8. The molecule has 0 saturated heterocycles. The second kappa shape index (κ2) is 29.8. The third-order valence-corrected chi connectivity index (χ3v) is 3.24. The normalized spacial score (nSPS) is 10.9. The Labute approximate surface area is 166 Å². The van der Waals surface area contributed by atoms with Crippen molar-refractivity contribution in [3.8, 4) is 0 Å². The predicted octanol–water partition coefficient (Wildman–Crippen LogP) is 4.85. The average molecular weight is 388 g/mol. The molecule has 0 amide bonds. The van der Waals surface area contributed by atoms with Gasteiger partial charge in [0.15, 0.2) is 6.29 Å². The van der Waals surface area contributed by atoms with Gasteiger partial charge in [0.2, 0.25) is 0 Å². The smallest absolute Gasteiger partial charge is 0.303 e. The molecule has 0 aromatic carbocycles. The van der Waals surface area contributed by atoms with Crippen molar-refractivity contribution in [3.63, 3.8) is 0 Å². The maximum absolute atomic E-state index is 10.3. The van der Waals surface area contributed by atoms with Crippen LogP contribution in [0, 0.1) is 20.8 Å². The average Bonchev–Trinajstić information content (AvgIpc) is 2.62. The standard InChI is InChI=1S/C17H31O4.2C2H4O/c1-3-14-20-16(2)21-15-12-10-8-6-4-5-7-9-11-13-17(18)19;2*1-2-3/h3,16H,1-2,4-15H2,(H,18,19);2*1-2H2. The number of ether oxygens (including phenoxy) is 2. The summed E-state index contributed by atoms with van der Waals surface area (Å²) >= 11 is 0. The Bertz CT molecular complexity index is 282. The summed E-state index contributed by atoms with van der Waals surface area (Å²) in [5.74, 6) is -0.684. The number of carbonyl (C=O) groups is 1. The quantitative estimate of drug-likeness (QED) is 0.232. The molecule has 0 rings (SSSR count). The summed E-state index contributed by atoms with van der Waals surface area (Å²) in [6, 6.07) is 0. The summed E-state index contributed by atoms with van der Waals surface area (Å²) in [5, 5.41) is 26.1. The van der Waals surface area contributed by atoms with Gasteiger partial charge in [-0.25, -0.2) is 10.2 Å². The molecule has 1 atom stereocenters. The Morgan fingerprint density at radius 2 is 1.26 bits per heavy atom. The highest BCUT2D eigenvalue weighted by Crippen LogP contribution is 2.10. The van der Waals surface area contributed by atoms with E-state index in [1.807, 2.05) is 0 Å². The third-order valence-electron chi connectivity index (χ3n) is 3.24. The van der Waals surface area contributed by atoms with Gasteiger partial charge in [-0.3, -0.25) is 4.79 Å². The van der Waals surface area contributed by atoms with Crippen molar-refractivity contribution < 1.29 is 29.6 Å². The molecule has 1 N–H and O–H groups in total. The van der Waals surface area contributed by atoms with Gasteiger partial charge in [0.1, 0.15) is 0 Å². The van der Waals surface area contributed by atoms with Crippen LogP contribution in [-0.2, 0) is 24.5 Å². The summed E-state index contributed by atoms with van der Waals surface area (Å²) < 4.78 is 10.6. The fourth-order valence-corrected chi connectivity index (χ4v) is 2.05. The van der Waals surface area contributed by atoms with Crippen molar-refractivity contribution in [2.45, 2.75) is 70.5 Å². The van der Waals surface area contributed by atoms with Gasteiger partial charge in [-0.2, -0.15) is 0 Å². The summed E-state index contributed by atoms with van der Waals surface area (Å²) in [6.07, 6.45) is 11.8. The molecule has 0 bridgehead atoms. The van der Waals surface area contributed by atoms with Crippen LogP contribution in [0.15, 0.2) is 12.7 Å². The summed E-state index contributed by atoms with van der Waals surface area (Å²) in [4.78, 5) is 10.3. The lowest BCUT2D eigenvalue weighted by molar-refractivity contribution is -0.137. The molecule has 0 fully saturated rings. The zero-order chi connectivity index (χ0) is 21.2. The molecule has 0 aromatic heterocycles. The molecule has 0 spiro atoms. The number of rotatable bonds is 16. The van der Waals surface area contributed by atoms with E-state index in [4.69, 9.17) is 24.8 Å². The van der Waals surface area contributed by atoms with E-state index in [1.54, 1.807) is 6.08 Å². The minimum atomic E-state index is -0.684. The predicted molar refractivity (Wildman–Crippen MR) is 107 cm³/mol. The molecule has 0 saturated carbocycles.